The van der Waals surface area contributed by atoms with Crippen LogP contribution in [0.5, 0.6) is 0 Å². The van der Waals surface area contributed by atoms with Gasteiger partial charge in [-0.05, 0) is 25.2 Å². The Morgan fingerprint density at radius 2 is 2.31 bits per heavy atom. The predicted molar refractivity (Wildman–Crippen MR) is 54.5 cm³/mol. The first-order chi connectivity index (χ1) is 7.52. The fourth-order valence-electron chi connectivity index (χ4n) is 4.11. The second-order valence-corrected chi connectivity index (χ2v) is 5.56. The molecule has 0 radical (unpaired) electrons. The zero-order chi connectivity index (χ0) is 11.6. The minimum atomic E-state index is -0.757. The highest BCUT2D eigenvalue weighted by molar-refractivity contribution is 5.83. The molecule has 0 saturated heterocycles. The summed E-state index contributed by atoms with van der Waals surface area (Å²) >= 11 is 0. The Morgan fingerprint density at radius 3 is 3.00 bits per heavy atom. The van der Waals surface area contributed by atoms with Crippen LogP contribution in [-0.2, 0) is 14.3 Å². The van der Waals surface area contributed by atoms with Gasteiger partial charge >= 0.3 is 5.97 Å². The lowest BCUT2D eigenvalue weighted by Gasteiger charge is -2.30. The number of esters is 1. The molecule has 3 rings (SSSR count). The quantitative estimate of drug-likeness (QED) is 0.665. The zero-order valence-corrected chi connectivity index (χ0v) is 9.36. The van der Waals surface area contributed by atoms with Crippen LogP contribution in [0.3, 0.4) is 0 Å². The van der Waals surface area contributed by atoms with E-state index >= 15 is 0 Å². The SMILES string of the molecule is COC(=O)[C@@H]1C[C@]2(O)C[C@@]23CC(=O)CCC13. The Kier molecular flexibility index (Phi) is 1.83. The zero-order valence-electron chi connectivity index (χ0n) is 9.36. The van der Waals surface area contributed by atoms with Crippen molar-refractivity contribution in [3.05, 3.63) is 0 Å². The number of carbonyl (C=O) groups excluding carboxylic acids is 2. The van der Waals surface area contributed by atoms with Gasteiger partial charge in [-0.1, -0.05) is 0 Å². The highest BCUT2D eigenvalue weighted by atomic mass is 16.5. The number of aliphatic hydroxyl groups is 1. The smallest absolute Gasteiger partial charge is 0.309 e. The van der Waals surface area contributed by atoms with Crippen LogP contribution in [-0.4, -0.2) is 29.6 Å². The molecule has 3 saturated carbocycles. The van der Waals surface area contributed by atoms with Gasteiger partial charge in [0.2, 0.25) is 0 Å². The molecule has 1 spiro atoms. The first-order valence-electron chi connectivity index (χ1n) is 5.84. The number of ether oxygens (including phenoxy) is 1. The van der Waals surface area contributed by atoms with Crippen molar-refractivity contribution in [2.75, 3.05) is 7.11 Å². The minimum Gasteiger partial charge on any atom is -0.469 e. The molecule has 3 aliphatic rings. The summed E-state index contributed by atoms with van der Waals surface area (Å²) in [4.78, 5) is 23.1. The molecule has 3 aliphatic carbocycles. The third-order valence-corrected chi connectivity index (χ3v) is 4.91. The van der Waals surface area contributed by atoms with E-state index in [9.17, 15) is 14.7 Å². The molecular formula is C12H16O4. The standard InChI is InChI=1S/C12H16O4/c1-16-10(14)8-5-12(15)6-11(12)4-7(13)2-3-9(8)11/h8-9,15H,2-6H2,1H3/t8-,9?,11-,12+/m1/s1. The second-order valence-electron chi connectivity index (χ2n) is 5.56. The summed E-state index contributed by atoms with van der Waals surface area (Å²) in [6, 6.07) is 0. The van der Waals surface area contributed by atoms with Gasteiger partial charge in [0.05, 0.1) is 18.6 Å². The van der Waals surface area contributed by atoms with Gasteiger partial charge < -0.3 is 9.84 Å². The van der Waals surface area contributed by atoms with E-state index in [-0.39, 0.29) is 29.0 Å². The van der Waals surface area contributed by atoms with Gasteiger partial charge in [0.15, 0.2) is 0 Å². The van der Waals surface area contributed by atoms with Crippen molar-refractivity contribution in [3.63, 3.8) is 0 Å². The lowest BCUT2D eigenvalue weighted by atomic mass is 9.73. The van der Waals surface area contributed by atoms with Crippen molar-refractivity contribution < 1.29 is 19.4 Å². The Bertz CT molecular complexity index is 377. The summed E-state index contributed by atoms with van der Waals surface area (Å²) < 4.78 is 4.79. The summed E-state index contributed by atoms with van der Waals surface area (Å²) in [6.07, 6.45) is 2.93. The molecule has 0 aromatic rings. The van der Waals surface area contributed by atoms with Crippen LogP contribution in [0.4, 0.5) is 0 Å². The van der Waals surface area contributed by atoms with Gasteiger partial charge in [-0.3, -0.25) is 9.59 Å². The molecule has 0 aromatic carbocycles. The molecule has 1 N–H and O–H groups in total. The van der Waals surface area contributed by atoms with Crippen LogP contribution in [0, 0.1) is 17.3 Å². The maximum Gasteiger partial charge on any atom is 0.309 e. The van der Waals surface area contributed by atoms with Gasteiger partial charge in [0, 0.05) is 18.3 Å². The van der Waals surface area contributed by atoms with Crippen LogP contribution in [0.15, 0.2) is 0 Å². The first kappa shape index (κ1) is 10.3. The minimum absolute atomic E-state index is 0.155. The van der Waals surface area contributed by atoms with E-state index in [2.05, 4.69) is 0 Å². The normalized spacial score (nSPS) is 49.5. The van der Waals surface area contributed by atoms with E-state index in [1.54, 1.807) is 0 Å². The molecule has 0 amide bonds. The van der Waals surface area contributed by atoms with Crippen LogP contribution in [0.25, 0.3) is 0 Å². The summed E-state index contributed by atoms with van der Waals surface area (Å²) in [7, 11) is 1.39. The summed E-state index contributed by atoms with van der Waals surface area (Å²) in [5.74, 6) is -0.0310. The van der Waals surface area contributed by atoms with Crippen molar-refractivity contribution in [1.82, 2.24) is 0 Å². The highest BCUT2D eigenvalue weighted by Crippen LogP contribution is 2.75. The molecule has 0 heterocycles. The molecule has 0 aromatic heterocycles. The van der Waals surface area contributed by atoms with Crippen molar-refractivity contribution in [2.24, 2.45) is 17.3 Å². The average Bonchev–Trinajstić information content (AvgIpc) is 2.71. The van der Waals surface area contributed by atoms with Gasteiger partial charge in [-0.2, -0.15) is 0 Å². The Morgan fingerprint density at radius 1 is 1.56 bits per heavy atom. The molecular weight excluding hydrogens is 208 g/mol. The van der Waals surface area contributed by atoms with Crippen molar-refractivity contribution in [1.29, 1.82) is 0 Å². The van der Waals surface area contributed by atoms with Crippen LogP contribution < -0.4 is 0 Å². The number of hydrogen-bond donors (Lipinski definition) is 1. The van der Waals surface area contributed by atoms with E-state index in [0.29, 0.717) is 25.7 Å². The Balaban J connectivity index is 1.90. The Hall–Kier alpha value is -0.900. The lowest BCUT2D eigenvalue weighted by molar-refractivity contribution is -0.149. The van der Waals surface area contributed by atoms with Crippen molar-refractivity contribution in [3.8, 4) is 0 Å². The fourth-order valence-corrected chi connectivity index (χ4v) is 4.11. The molecule has 88 valence electrons. The third-order valence-electron chi connectivity index (χ3n) is 4.91. The van der Waals surface area contributed by atoms with Gasteiger partial charge in [-0.15, -0.1) is 0 Å². The van der Waals surface area contributed by atoms with E-state index < -0.39 is 5.60 Å². The predicted octanol–water partition coefficient (Wildman–Crippen LogP) is 0.670. The van der Waals surface area contributed by atoms with E-state index in [1.807, 2.05) is 0 Å². The van der Waals surface area contributed by atoms with Gasteiger partial charge in [0.1, 0.15) is 5.78 Å². The number of hydrogen-bond acceptors (Lipinski definition) is 4. The maximum atomic E-state index is 11.6. The number of carbonyl (C=O) groups is 2. The third kappa shape index (κ3) is 1.03. The molecule has 16 heavy (non-hydrogen) atoms. The first-order valence-corrected chi connectivity index (χ1v) is 5.84. The summed E-state index contributed by atoms with van der Waals surface area (Å²) in [5.41, 5.74) is -1.03. The molecule has 4 nitrogen and oxygen atoms in total. The number of methoxy groups -OCH3 is 1. The fraction of sp³-hybridized carbons (Fsp3) is 0.833. The highest BCUT2D eigenvalue weighted by Gasteiger charge is 2.78. The number of ketones is 1. The second kappa shape index (κ2) is 2.86. The summed E-state index contributed by atoms with van der Waals surface area (Å²) in [5, 5.41) is 10.3. The molecule has 0 bridgehead atoms. The average molecular weight is 224 g/mol. The van der Waals surface area contributed by atoms with Crippen LogP contribution in [0.2, 0.25) is 0 Å². The molecule has 1 unspecified atom stereocenters. The number of rotatable bonds is 1. The topological polar surface area (TPSA) is 63.6 Å². The molecule has 0 aliphatic heterocycles. The van der Waals surface area contributed by atoms with Gasteiger partial charge in [-0.25, -0.2) is 0 Å². The van der Waals surface area contributed by atoms with Crippen LogP contribution in [0.1, 0.15) is 32.1 Å². The van der Waals surface area contributed by atoms with E-state index in [0.717, 1.165) is 6.42 Å². The van der Waals surface area contributed by atoms with Crippen molar-refractivity contribution in [2.45, 2.75) is 37.7 Å². The van der Waals surface area contributed by atoms with E-state index in [4.69, 9.17) is 4.74 Å². The Labute approximate surface area is 94.0 Å². The lowest BCUT2D eigenvalue weighted by Crippen LogP contribution is -2.33. The summed E-state index contributed by atoms with van der Waals surface area (Å²) in [6.45, 7) is 0. The number of Topliss-reactive ketones (excluding diaryl/α,β-unsaturated/α-hetero) is 1. The largest absolute Gasteiger partial charge is 0.469 e. The van der Waals surface area contributed by atoms with E-state index in [1.165, 1.54) is 7.11 Å². The monoisotopic (exact) mass is 224 g/mol. The molecule has 3 fully saturated rings. The van der Waals surface area contributed by atoms with Crippen LogP contribution >= 0.6 is 0 Å². The molecule has 4 atom stereocenters. The van der Waals surface area contributed by atoms with Crippen molar-refractivity contribution >= 4 is 11.8 Å². The van der Waals surface area contributed by atoms with Gasteiger partial charge in [0.25, 0.3) is 0 Å². The molecule has 4 heteroatoms. The maximum absolute atomic E-state index is 11.6.